The summed E-state index contributed by atoms with van der Waals surface area (Å²) in [6, 6.07) is 12.6. The average Bonchev–Trinajstić information content (AvgIpc) is 2.46. The van der Waals surface area contributed by atoms with E-state index in [1.165, 1.54) is 0 Å². The molecule has 0 saturated heterocycles. The smallest absolute Gasteiger partial charge is 0.307 e. The van der Waals surface area contributed by atoms with E-state index >= 15 is 0 Å². The molecule has 5 nitrogen and oxygen atoms in total. The van der Waals surface area contributed by atoms with Crippen molar-refractivity contribution in [2.75, 3.05) is 0 Å². The number of benzene rings is 2. The molecule has 2 aromatic rings. The molecule has 0 atom stereocenters. The fraction of sp³-hybridized carbons (Fsp3) is 0.125. The molecule has 22 heavy (non-hydrogen) atoms. The number of hydrogen-bond donors (Lipinski definition) is 2. The second-order valence-electron chi connectivity index (χ2n) is 4.69. The molecule has 0 saturated carbocycles. The van der Waals surface area contributed by atoms with Gasteiger partial charge in [-0.3, -0.25) is 12.7 Å². The first-order valence-corrected chi connectivity index (χ1v) is 8.39. The van der Waals surface area contributed by atoms with Gasteiger partial charge in [-0.15, -0.1) is 0 Å². The Bertz CT molecular complexity index is 688. The molecule has 0 aliphatic rings. The van der Waals surface area contributed by atoms with E-state index in [9.17, 15) is 12.7 Å². The lowest BCUT2D eigenvalue weighted by molar-refractivity contribution is -0.137. The molecule has 0 unspecified atom stereocenters. The van der Waals surface area contributed by atoms with Crippen LogP contribution in [0.1, 0.15) is 11.1 Å². The highest BCUT2D eigenvalue weighted by molar-refractivity contribution is 14.1. The molecule has 114 valence electrons. The van der Waals surface area contributed by atoms with Gasteiger partial charge in [0.15, 0.2) is 21.2 Å². The van der Waals surface area contributed by atoms with Crippen molar-refractivity contribution in [3.05, 3.63) is 57.2 Å². The molecule has 0 amide bonds. The Hall–Kier alpha value is -2.09. The van der Waals surface area contributed by atoms with Crippen molar-refractivity contribution >= 4 is 33.1 Å². The predicted molar refractivity (Wildman–Crippen MR) is 88.0 cm³/mol. The number of halogens is 1. The Morgan fingerprint density at radius 3 is 1.77 bits per heavy atom. The van der Waals surface area contributed by atoms with Crippen LogP contribution in [-0.4, -0.2) is 22.2 Å². The summed E-state index contributed by atoms with van der Waals surface area (Å²) >= 11 is -1.66. The Morgan fingerprint density at radius 1 is 0.864 bits per heavy atom. The van der Waals surface area contributed by atoms with E-state index in [1.54, 1.807) is 12.1 Å². The molecule has 0 aliphatic carbocycles. The highest BCUT2D eigenvalue weighted by atomic mass is 127. The molecule has 6 heteroatoms. The zero-order valence-electron chi connectivity index (χ0n) is 11.5. The van der Waals surface area contributed by atoms with Crippen LogP contribution >= 0.6 is 21.2 Å². The topological polar surface area (TPSA) is 91.7 Å². The molecule has 0 bridgehead atoms. The lowest BCUT2D eigenvalue weighted by Crippen LogP contribution is -2.08. The van der Waals surface area contributed by atoms with E-state index in [2.05, 4.69) is 0 Å². The molecule has 0 fully saturated rings. The van der Waals surface area contributed by atoms with Crippen LogP contribution < -0.4 is 0 Å². The summed E-state index contributed by atoms with van der Waals surface area (Å²) in [4.78, 5) is 22.0. The van der Waals surface area contributed by atoms with E-state index in [4.69, 9.17) is 10.2 Å². The van der Waals surface area contributed by atoms with Crippen LogP contribution in [0.3, 0.4) is 0 Å². The molecule has 0 spiro atoms. The number of carboxylic acid groups (broad SMARTS) is 2. The van der Waals surface area contributed by atoms with E-state index < -0.39 is 33.1 Å². The van der Waals surface area contributed by atoms with Crippen molar-refractivity contribution in [3.8, 4) is 11.1 Å². The van der Waals surface area contributed by atoms with Crippen molar-refractivity contribution in [3.63, 3.8) is 0 Å². The van der Waals surface area contributed by atoms with Crippen molar-refractivity contribution in [1.29, 1.82) is 0 Å². The third kappa shape index (κ3) is 3.97. The Morgan fingerprint density at radius 2 is 1.36 bits per heavy atom. The number of aliphatic carboxylic acids is 2. The largest absolute Gasteiger partial charge is 0.481 e. The third-order valence-electron chi connectivity index (χ3n) is 3.09. The van der Waals surface area contributed by atoms with E-state index in [0.29, 0.717) is 14.7 Å². The molecule has 0 radical (unpaired) electrons. The first kappa shape index (κ1) is 16.3. The van der Waals surface area contributed by atoms with E-state index in [-0.39, 0.29) is 12.8 Å². The third-order valence-corrected chi connectivity index (χ3v) is 4.92. The van der Waals surface area contributed by atoms with Gasteiger partial charge in [0.05, 0.1) is 16.4 Å². The van der Waals surface area contributed by atoms with Crippen molar-refractivity contribution < 1.29 is 22.9 Å². The fourth-order valence-corrected chi connectivity index (χ4v) is 3.49. The highest BCUT2D eigenvalue weighted by Gasteiger charge is 2.16. The minimum atomic E-state index is -1.66. The maximum Gasteiger partial charge on any atom is 0.307 e. The predicted octanol–water partition coefficient (Wildman–Crippen LogP) is 3.09. The molecule has 0 aliphatic heterocycles. The maximum absolute atomic E-state index is 11.5. The Kier molecular flexibility index (Phi) is 5.37. The van der Waals surface area contributed by atoms with Gasteiger partial charge in [-0.1, -0.05) is 30.3 Å². The standard InChI is InChI=1S/C16H13IO5/c18-14(19)8-12-6-11(10-4-2-1-3-5-10)7-13(9-15(20)21)16(12)17-22/h1-7H,8-9H2,(H,18,19)(H,20,21). The lowest BCUT2D eigenvalue weighted by atomic mass is 9.97. The van der Waals surface area contributed by atoms with Gasteiger partial charge in [-0.25, -0.2) is 0 Å². The lowest BCUT2D eigenvalue weighted by Gasteiger charge is -2.11. The van der Waals surface area contributed by atoms with Gasteiger partial charge in [-0.05, 0) is 34.4 Å². The van der Waals surface area contributed by atoms with Gasteiger partial charge in [0.1, 0.15) is 0 Å². The van der Waals surface area contributed by atoms with Gasteiger partial charge >= 0.3 is 11.9 Å². The second-order valence-corrected chi connectivity index (χ2v) is 6.21. The molecular weight excluding hydrogens is 399 g/mol. The summed E-state index contributed by atoms with van der Waals surface area (Å²) in [5.41, 5.74) is 2.44. The summed E-state index contributed by atoms with van der Waals surface area (Å²) < 4.78 is 11.9. The second kappa shape index (κ2) is 7.26. The zero-order valence-corrected chi connectivity index (χ0v) is 13.6. The first-order valence-electron chi connectivity index (χ1n) is 6.43. The molecular formula is C16H13IO5. The van der Waals surface area contributed by atoms with Crippen LogP contribution in [0, 0.1) is 3.57 Å². The molecule has 0 heterocycles. The number of rotatable bonds is 6. The zero-order chi connectivity index (χ0) is 16.1. The van der Waals surface area contributed by atoms with Crippen LogP contribution in [0.25, 0.3) is 11.1 Å². The Balaban J connectivity index is 2.62. The van der Waals surface area contributed by atoms with Gasteiger partial charge in [-0.2, -0.15) is 0 Å². The fourth-order valence-electron chi connectivity index (χ4n) is 2.23. The van der Waals surface area contributed by atoms with Gasteiger partial charge in [0, 0.05) is 0 Å². The summed E-state index contributed by atoms with van der Waals surface area (Å²) in [6.07, 6.45) is -0.546. The monoisotopic (exact) mass is 412 g/mol. The van der Waals surface area contributed by atoms with Crippen LogP contribution in [0.15, 0.2) is 42.5 Å². The summed E-state index contributed by atoms with van der Waals surface area (Å²) in [5.74, 6) is -2.07. The molecule has 2 N–H and O–H groups in total. The van der Waals surface area contributed by atoms with Crippen LogP contribution in [0.5, 0.6) is 0 Å². The number of hydrogen-bond acceptors (Lipinski definition) is 3. The SMILES string of the molecule is O=Ic1c(CC(=O)O)cc(-c2ccccc2)cc1CC(=O)O. The molecule has 2 rings (SSSR count). The summed E-state index contributed by atoms with van der Waals surface area (Å²) in [7, 11) is 0. The van der Waals surface area contributed by atoms with Crippen LogP contribution in [0.4, 0.5) is 0 Å². The normalized spacial score (nSPS) is 10.4. The molecule has 0 aromatic heterocycles. The highest BCUT2D eigenvalue weighted by Crippen LogP contribution is 2.29. The van der Waals surface area contributed by atoms with Gasteiger partial charge in [0.25, 0.3) is 0 Å². The van der Waals surface area contributed by atoms with E-state index in [1.807, 2.05) is 30.3 Å². The van der Waals surface area contributed by atoms with Crippen LogP contribution in [0.2, 0.25) is 0 Å². The summed E-state index contributed by atoms with van der Waals surface area (Å²) in [5, 5.41) is 18.0. The van der Waals surface area contributed by atoms with Crippen molar-refractivity contribution in [2.24, 2.45) is 0 Å². The Labute approximate surface area is 137 Å². The minimum Gasteiger partial charge on any atom is -0.481 e. The van der Waals surface area contributed by atoms with Gasteiger partial charge < -0.3 is 10.2 Å². The van der Waals surface area contributed by atoms with Crippen molar-refractivity contribution in [2.45, 2.75) is 12.8 Å². The number of carbonyl (C=O) groups is 2. The van der Waals surface area contributed by atoms with Gasteiger partial charge in [0.2, 0.25) is 0 Å². The summed E-state index contributed by atoms with van der Waals surface area (Å²) in [6.45, 7) is 0. The van der Waals surface area contributed by atoms with Crippen molar-refractivity contribution in [1.82, 2.24) is 0 Å². The minimum absolute atomic E-state index is 0.273. The number of carboxylic acids is 2. The first-order chi connectivity index (χ1) is 10.5. The maximum atomic E-state index is 11.5. The van der Waals surface area contributed by atoms with E-state index in [0.717, 1.165) is 11.1 Å². The molecule has 2 aromatic carbocycles. The quantitative estimate of drug-likeness (QED) is 0.712. The van der Waals surface area contributed by atoms with Crippen LogP contribution in [-0.2, 0) is 25.5 Å². The average molecular weight is 412 g/mol.